The molecule has 1 aromatic carbocycles. The number of benzene rings is 1. The second-order valence-corrected chi connectivity index (χ2v) is 8.94. The van der Waals surface area contributed by atoms with Crippen molar-refractivity contribution in [2.75, 3.05) is 18.0 Å². The minimum atomic E-state index is 0.230. The largest absolute Gasteiger partial charge is 0.507 e. The van der Waals surface area contributed by atoms with E-state index in [-0.39, 0.29) is 5.75 Å². The summed E-state index contributed by atoms with van der Waals surface area (Å²) in [6, 6.07) is 9.44. The number of hydrogen-bond acceptors (Lipinski definition) is 6. The molecule has 31 heavy (non-hydrogen) atoms. The maximum Gasteiger partial charge on any atom is 0.130 e. The van der Waals surface area contributed by atoms with E-state index in [1.807, 2.05) is 38.5 Å². The minimum absolute atomic E-state index is 0.230. The molecule has 6 rings (SSSR count). The molecule has 0 bridgehead atoms. The highest BCUT2D eigenvalue weighted by molar-refractivity contribution is 5.92. The molecule has 7 heteroatoms. The Morgan fingerprint density at radius 3 is 2.81 bits per heavy atom. The molecule has 4 aromatic rings. The maximum absolute atomic E-state index is 10.8. The van der Waals surface area contributed by atoms with Crippen molar-refractivity contribution < 1.29 is 5.11 Å². The van der Waals surface area contributed by atoms with E-state index in [0.29, 0.717) is 6.04 Å². The van der Waals surface area contributed by atoms with Crippen LogP contribution in [0.3, 0.4) is 0 Å². The topological polar surface area (TPSA) is 79.1 Å². The van der Waals surface area contributed by atoms with Crippen molar-refractivity contribution in [1.82, 2.24) is 25.1 Å². The van der Waals surface area contributed by atoms with Gasteiger partial charge in [0.1, 0.15) is 11.6 Å². The number of aryl methyl sites for hydroxylation is 2. The third-order valence-corrected chi connectivity index (χ3v) is 6.52. The smallest absolute Gasteiger partial charge is 0.130 e. The van der Waals surface area contributed by atoms with Crippen LogP contribution in [-0.4, -0.2) is 50.0 Å². The van der Waals surface area contributed by atoms with Crippen LogP contribution in [0.2, 0.25) is 0 Å². The highest BCUT2D eigenvalue weighted by Gasteiger charge is 2.29. The van der Waals surface area contributed by atoms with Crippen LogP contribution in [0.15, 0.2) is 36.7 Å². The first kappa shape index (κ1) is 18.6. The molecule has 1 aliphatic heterocycles. The van der Waals surface area contributed by atoms with E-state index in [1.165, 1.54) is 19.3 Å². The lowest BCUT2D eigenvalue weighted by atomic mass is 10.0. The van der Waals surface area contributed by atoms with E-state index in [0.717, 1.165) is 63.6 Å². The summed E-state index contributed by atoms with van der Waals surface area (Å²) in [5, 5.41) is 21.0. The molecule has 7 nitrogen and oxygen atoms in total. The van der Waals surface area contributed by atoms with Crippen LogP contribution in [0.5, 0.6) is 5.75 Å². The molecule has 1 atom stereocenters. The van der Waals surface area contributed by atoms with Crippen LogP contribution in [0, 0.1) is 6.92 Å². The van der Waals surface area contributed by atoms with E-state index in [9.17, 15) is 5.11 Å². The average molecular weight is 415 g/mol. The number of phenols is 1. The van der Waals surface area contributed by atoms with Crippen LogP contribution >= 0.6 is 0 Å². The fourth-order valence-electron chi connectivity index (χ4n) is 4.66. The number of nitrogens with one attached hydrogen (secondary N) is 1. The Kier molecular flexibility index (Phi) is 4.14. The SMILES string of the molecule is Cc1c(O)c(-c2ccc3cc(N4CC[C@@H](NC5CC5)C4)ncc3n2)cc2cn(C)nc12. The number of nitrogens with zero attached hydrogens (tertiary/aromatic N) is 5. The quantitative estimate of drug-likeness (QED) is 0.532. The zero-order valence-corrected chi connectivity index (χ0v) is 17.8. The molecule has 1 saturated heterocycles. The average Bonchev–Trinajstić information content (AvgIpc) is 3.32. The third-order valence-electron chi connectivity index (χ3n) is 6.52. The Hall–Kier alpha value is -3.19. The number of phenolic OH excluding ortho intramolecular Hbond substituents is 1. The highest BCUT2D eigenvalue weighted by atomic mass is 16.3. The lowest BCUT2D eigenvalue weighted by molar-refractivity contribution is 0.474. The Bertz CT molecular complexity index is 1310. The molecule has 0 amide bonds. The zero-order chi connectivity index (χ0) is 21.1. The Morgan fingerprint density at radius 2 is 1.97 bits per heavy atom. The van der Waals surface area contributed by atoms with Gasteiger partial charge in [-0.3, -0.25) is 4.68 Å². The van der Waals surface area contributed by atoms with Crippen molar-refractivity contribution in [3.8, 4) is 17.0 Å². The molecule has 0 spiro atoms. The predicted octanol–water partition coefficient (Wildman–Crippen LogP) is 3.53. The van der Waals surface area contributed by atoms with Gasteiger partial charge in [-0.2, -0.15) is 5.10 Å². The van der Waals surface area contributed by atoms with Gasteiger partial charge in [-0.1, -0.05) is 6.07 Å². The summed E-state index contributed by atoms with van der Waals surface area (Å²) in [6.07, 6.45) is 7.62. The first-order valence-electron chi connectivity index (χ1n) is 11.0. The van der Waals surface area contributed by atoms with Gasteiger partial charge in [0.2, 0.25) is 0 Å². The first-order chi connectivity index (χ1) is 15.0. The molecule has 2 fully saturated rings. The summed E-state index contributed by atoms with van der Waals surface area (Å²) in [5.41, 5.74) is 3.88. The summed E-state index contributed by atoms with van der Waals surface area (Å²) in [7, 11) is 1.89. The summed E-state index contributed by atoms with van der Waals surface area (Å²) < 4.78 is 1.77. The van der Waals surface area contributed by atoms with Crippen LogP contribution in [0.4, 0.5) is 5.82 Å². The third kappa shape index (κ3) is 3.29. The molecular weight excluding hydrogens is 388 g/mol. The Labute approximate surface area is 180 Å². The van der Waals surface area contributed by atoms with Gasteiger partial charge in [-0.25, -0.2) is 9.97 Å². The Morgan fingerprint density at radius 1 is 1.10 bits per heavy atom. The van der Waals surface area contributed by atoms with Gasteiger partial charge < -0.3 is 15.3 Å². The van der Waals surface area contributed by atoms with Gasteiger partial charge in [0, 0.05) is 60.3 Å². The summed E-state index contributed by atoms with van der Waals surface area (Å²) >= 11 is 0. The standard InChI is InChI=1S/C24H26N6O/c1-14-23-16(12-29(2)28-23)9-19(24(14)31)20-6-3-15-10-22(25-11-21(15)27-20)30-8-7-18(13-30)26-17-4-5-17/h3,6,9-12,17-18,26,31H,4-5,7-8,13H2,1-2H3/t18-/m1/s1. The fraction of sp³-hybridized carbons (Fsp3) is 0.375. The van der Waals surface area contributed by atoms with Crippen molar-refractivity contribution in [3.05, 3.63) is 42.2 Å². The molecule has 2 N–H and O–H groups in total. The van der Waals surface area contributed by atoms with Crippen molar-refractivity contribution in [2.24, 2.45) is 7.05 Å². The Balaban J connectivity index is 1.32. The summed E-state index contributed by atoms with van der Waals surface area (Å²) in [6.45, 7) is 3.94. The number of hydrogen-bond donors (Lipinski definition) is 2. The van der Waals surface area contributed by atoms with Gasteiger partial charge >= 0.3 is 0 Å². The molecular formula is C24H26N6O. The molecule has 3 aromatic heterocycles. The molecule has 1 saturated carbocycles. The van der Waals surface area contributed by atoms with E-state index < -0.39 is 0 Å². The zero-order valence-electron chi connectivity index (χ0n) is 17.8. The molecule has 4 heterocycles. The van der Waals surface area contributed by atoms with E-state index in [4.69, 9.17) is 9.97 Å². The maximum atomic E-state index is 10.8. The highest BCUT2D eigenvalue weighted by Crippen LogP contribution is 2.36. The minimum Gasteiger partial charge on any atom is -0.507 e. The number of anilines is 1. The lowest BCUT2D eigenvalue weighted by Crippen LogP contribution is -2.34. The van der Waals surface area contributed by atoms with Crippen molar-refractivity contribution in [3.63, 3.8) is 0 Å². The van der Waals surface area contributed by atoms with E-state index >= 15 is 0 Å². The predicted molar refractivity (Wildman–Crippen MR) is 122 cm³/mol. The monoisotopic (exact) mass is 414 g/mol. The van der Waals surface area contributed by atoms with Gasteiger partial charge in [-0.05, 0) is 44.4 Å². The normalized spacial score (nSPS) is 19.0. The second-order valence-electron chi connectivity index (χ2n) is 8.94. The molecule has 0 radical (unpaired) electrons. The number of rotatable bonds is 4. The van der Waals surface area contributed by atoms with Crippen LogP contribution in [-0.2, 0) is 7.05 Å². The van der Waals surface area contributed by atoms with E-state index in [1.54, 1.807) is 4.68 Å². The van der Waals surface area contributed by atoms with Gasteiger partial charge in [-0.15, -0.1) is 0 Å². The summed E-state index contributed by atoms with van der Waals surface area (Å²) in [4.78, 5) is 11.9. The van der Waals surface area contributed by atoms with Crippen molar-refractivity contribution in [1.29, 1.82) is 0 Å². The molecule has 1 aliphatic carbocycles. The van der Waals surface area contributed by atoms with Crippen molar-refractivity contribution >= 4 is 27.6 Å². The lowest BCUT2D eigenvalue weighted by Gasteiger charge is -2.18. The number of aromatic nitrogens is 4. The molecule has 2 aliphatic rings. The van der Waals surface area contributed by atoms with Gasteiger partial charge in [0.05, 0.1) is 22.9 Å². The van der Waals surface area contributed by atoms with Crippen molar-refractivity contribution in [2.45, 2.75) is 38.3 Å². The van der Waals surface area contributed by atoms with E-state index in [2.05, 4.69) is 27.4 Å². The fourth-order valence-corrected chi connectivity index (χ4v) is 4.66. The second kappa shape index (κ2) is 6.92. The first-order valence-corrected chi connectivity index (χ1v) is 11.0. The van der Waals surface area contributed by atoms with Crippen LogP contribution < -0.4 is 10.2 Å². The van der Waals surface area contributed by atoms with Gasteiger partial charge in [0.15, 0.2) is 0 Å². The van der Waals surface area contributed by atoms with Crippen LogP contribution in [0.1, 0.15) is 24.8 Å². The number of aromatic hydroxyl groups is 1. The summed E-state index contributed by atoms with van der Waals surface area (Å²) in [5.74, 6) is 1.24. The van der Waals surface area contributed by atoms with Crippen LogP contribution in [0.25, 0.3) is 33.1 Å². The molecule has 158 valence electrons. The number of pyridine rings is 2. The number of fused-ring (bicyclic) bond motifs is 2. The van der Waals surface area contributed by atoms with Gasteiger partial charge in [0.25, 0.3) is 0 Å². The molecule has 0 unspecified atom stereocenters.